The summed E-state index contributed by atoms with van der Waals surface area (Å²) in [5.74, 6) is -1.07. The van der Waals surface area contributed by atoms with E-state index < -0.39 is 42.5 Å². The summed E-state index contributed by atoms with van der Waals surface area (Å²) in [6.45, 7) is 2.16. The second kappa shape index (κ2) is 8.14. The zero-order valence-corrected chi connectivity index (χ0v) is 15.4. The lowest BCUT2D eigenvalue weighted by Gasteiger charge is -2.42. The zero-order valence-electron chi connectivity index (χ0n) is 15.4. The minimum Gasteiger partial charge on any atom is -0.508 e. The number of fused-ring (bicyclic) bond motifs is 1. The van der Waals surface area contributed by atoms with Gasteiger partial charge < -0.3 is 29.5 Å². The fourth-order valence-corrected chi connectivity index (χ4v) is 3.31. The predicted molar refractivity (Wildman–Crippen MR) is 97.4 cm³/mol. The van der Waals surface area contributed by atoms with E-state index in [1.165, 1.54) is 13.8 Å². The topological polar surface area (TPSA) is 123 Å². The Labute approximate surface area is 161 Å². The Morgan fingerprint density at radius 2 is 1.68 bits per heavy atom. The van der Waals surface area contributed by atoms with Gasteiger partial charge >= 0.3 is 11.9 Å². The van der Waals surface area contributed by atoms with E-state index in [4.69, 9.17) is 14.2 Å². The van der Waals surface area contributed by atoms with Gasteiger partial charge in [0, 0.05) is 13.8 Å². The van der Waals surface area contributed by atoms with E-state index in [1.54, 1.807) is 36.4 Å². The van der Waals surface area contributed by atoms with Gasteiger partial charge in [0.25, 0.3) is 0 Å². The molecule has 1 heterocycles. The van der Waals surface area contributed by atoms with Crippen LogP contribution in [0.2, 0.25) is 0 Å². The fourth-order valence-electron chi connectivity index (χ4n) is 3.31. The van der Waals surface area contributed by atoms with E-state index in [9.17, 15) is 24.9 Å². The van der Waals surface area contributed by atoms with Crippen molar-refractivity contribution >= 4 is 22.7 Å². The van der Waals surface area contributed by atoms with E-state index in [2.05, 4.69) is 0 Å². The molecule has 150 valence electrons. The molecular weight excluding hydrogens is 368 g/mol. The summed E-state index contributed by atoms with van der Waals surface area (Å²) in [6.07, 6.45) is -5.86. The molecule has 2 aromatic carbocycles. The molecular formula is C20H22O8. The first-order chi connectivity index (χ1) is 13.3. The number of phenols is 1. The number of hydrogen-bond donors (Lipinski definition) is 3. The standard InChI is InChI=1S/C20H22O8/c1-10(21)26-9-16-20(27-11(2)22)18(25)17(24)19(28-16)14-4-3-13-8-15(23)6-5-12(13)7-14/h3-8,16-20,23-25H,9H2,1-2H3/t16-,17+,18-,19-,20+/m1/s1. The first kappa shape index (κ1) is 20.1. The van der Waals surface area contributed by atoms with Crippen molar-refractivity contribution in [2.75, 3.05) is 6.61 Å². The number of phenolic OH excluding ortho intramolecular Hbond substituents is 1. The normalized spacial score (nSPS) is 27.4. The number of carbonyl (C=O) groups is 2. The molecule has 3 rings (SSSR count). The Hall–Kier alpha value is -2.68. The van der Waals surface area contributed by atoms with Gasteiger partial charge in [-0.15, -0.1) is 0 Å². The van der Waals surface area contributed by atoms with Crippen molar-refractivity contribution in [3.05, 3.63) is 42.0 Å². The van der Waals surface area contributed by atoms with Crippen LogP contribution in [0.1, 0.15) is 25.5 Å². The molecule has 0 amide bonds. The number of rotatable bonds is 4. The predicted octanol–water partition coefficient (Wildman–Crippen LogP) is 1.20. The molecule has 3 N–H and O–H groups in total. The smallest absolute Gasteiger partial charge is 0.303 e. The van der Waals surface area contributed by atoms with E-state index in [0.717, 1.165) is 10.8 Å². The van der Waals surface area contributed by atoms with Crippen molar-refractivity contribution in [2.45, 2.75) is 44.4 Å². The van der Waals surface area contributed by atoms with E-state index in [-0.39, 0.29) is 12.4 Å². The molecule has 1 fully saturated rings. The quantitative estimate of drug-likeness (QED) is 0.666. The molecule has 8 heteroatoms. The van der Waals surface area contributed by atoms with Crippen LogP contribution < -0.4 is 0 Å². The molecule has 0 unspecified atom stereocenters. The highest BCUT2D eigenvalue weighted by Crippen LogP contribution is 2.35. The third-order valence-corrected chi connectivity index (χ3v) is 4.61. The van der Waals surface area contributed by atoms with Crippen LogP contribution in [0.3, 0.4) is 0 Å². The molecule has 1 aliphatic rings. The number of hydrogen-bond acceptors (Lipinski definition) is 8. The number of benzene rings is 2. The second-order valence-corrected chi connectivity index (χ2v) is 6.74. The van der Waals surface area contributed by atoms with Crippen molar-refractivity contribution < 1.29 is 39.1 Å². The zero-order chi connectivity index (χ0) is 20.4. The SMILES string of the molecule is CC(=O)OC[C@H]1O[C@H](c2ccc3cc(O)ccc3c2)[C@@H](O)[C@@H](O)[C@H]1OC(C)=O. The minimum absolute atomic E-state index is 0.135. The molecule has 5 atom stereocenters. The lowest BCUT2D eigenvalue weighted by Crippen LogP contribution is -2.57. The van der Waals surface area contributed by atoms with Crippen LogP contribution in [0, 0.1) is 0 Å². The first-order valence-corrected chi connectivity index (χ1v) is 8.81. The molecule has 1 aliphatic heterocycles. The summed E-state index contributed by atoms with van der Waals surface area (Å²) < 4.78 is 15.9. The van der Waals surface area contributed by atoms with Crippen LogP contribution >= 0.6 is 0 Å². The summed E-state index contributed by atoms with van der Waals surface area (Å²) in [4.78, 5) is 22.5. The molecule has 0 saturated carbocycles. The Morgan fingerprint density at radius 1 is 1.00 bits per heavy atom. The van der Waals surface area contributed by atoms with Gasteiger partial charge in [-0.05, 0) is 34.5 Å². The fraction of sp³-hybridized carbons (Fsp3) is 0.400. The molecule has 8 nitrogen and oxygen atoms in total. The van der Waals surface area contributed by atoms with Crippen LogP contribution in [0.15, 0.2) is 36.4 Å². The molecule has 2 aromatic rings. The monoisotopic (exact) mass is 390 g/mol. The number of aliphatic hydroxyl groups excluding tert-OH is 2. The van der Waals surface area contributed by atoms with Crippen LogP contribution in [-0.2, 0) is 23.8 Å². The van der Waals surface area contributed by atoms with E-state index in [0.29, 0.717) is 5.56 Å². The molecule has 0 bridgehead atoms. The number of aliphatic hydroxyl groups is 2. The third kappa shape index (κ3) is 4.24. The van der Waals surface area contributed by atoms with Gasteiger partial charge in [-0.3, -0.25) is 9.59 Å². The lowest BCUT2D eigenvalue weighted by molar-refractivity contribution is -0.242. The van der Waals surface area contributed by atoms with Crippen molar-refractivity contribution in [3.8, 4) is 5.75 Å². The summed E-state index contributed by atoms with van der Waals surface area (Å²) in [7, 11) is 0. The van der Waals surface area contributed by atoms with Crippen molar-refractivity contribution in [2.24, 2.45) is 0 Å². The van der Waals surface area contributed by atoms with Gasteiger partial charge in [-0.2, -0.15) is 0 Å². The third-order valence-electron chi connectivity index (χ3n) is 4.61. The van der Waals surface area contributed by atoms with Crippen LogP contribution in [0.5, 0.6) is 5.75 Å². The number of ether oxygens (including phenoxy) is 3. The number of carbonyl (C=O) groups excluding carboxylic acids is 2. The highest BCUT2D eigenvalue weighted by Gasteiger charge is 2.47. The average Bonchev–Trinajstić information content (AvgIpc) is 2.64. The molecule has 0 radical (unpaired) electrons. The second-order valence-electron chi connectivity index (χ2n) is 6.74. The Kier molecular flexibility index (Phi) is 5.83. The Balaban J connectivity index is 1.91. The van der Waals surface area contributed by atoms with Gasteiger partial charge in [-0.1, -0.05) is 18.2 Å². The van der Waals surface area contributed by atoms with Gasteiger partial charge in [0.15, 0.2) is 6.10 Å². The average molecular weight is 390 g/mol. The molecule has 1 saturated heterocycles. The number of esters is 2. The van der Waals surface area contributed by atoms with Crippen LogP contribution in [0.4, 0.5) is 0 Å². The van der Waals surface area contributed by atoms with Crippen molar-refractivity contribution in [1.29, 1.82) is 0 Å². The Morgan fingerprint density at radius 3 is 2.36 bits per heavy atom. The van der Waals surface area contributed by atoms with Crippen molar-refractivity contribution in [3.63, 3.8) is 0 Å². The van der Waals surface area contributed by atoms with Gasteiger partial charge in [-0.25, -0.2) is 0 Å². The molecule has 0 spiro atoms. The van der Waals surface area contributed by atoms with Gasteiger partial charge in [0.1, 0.15) is 36.8 Å². The van der Waals surface area contributed by atoms with Crippen molar-refractivity contribution in [1.82, 2.24) is 0 Å². The van der Waals surface area contributed by atoms with Gasteiger partial charge in [0.2, 0.25) is 0 Å². The summed E-state index contributed by atoms with van der Waals surface area (Å²) in [5, 5.41) is 32.3. The summed E-state index contributed by atoms with van der Waals surface area (Å²) in [6, 6.07) is 10.1. The summed E-state index contributed by atoms with van der Waals surface area (Å²) >= 11 is 0. The van der Waals surface area contributed by atoms with Gasteiger partial charge in [0.05, 0.1) is 0 Å². The van der Waals surface area contributed by atoms with Crippen LogP contribution in [0.25, 0.3) is 10.8 Å². The van der Waals surface area contributed by atoms with E-state index in [1.807, 2.05) is 0 Å². The highest BCUT2D eigenvalue weighted by molar-refractivity contribution is 5.84. The van der Waals surface area contributed by atoms with Crippen LogP contribution in [-0.4, -0.2) is 58.3 Å². The minimum atomic E-state index is -1.43. The molecule has 28 heavy (non-hydrogen) atoms. The maximum Gasteiger partial charge on any atom is 0.303 e. The maximum absolute atomic E-state index is 11.4. The molecule has 0 aromatic heterocycles. The highest BCUT2D eigenvalue weighted by atomic mass is 16.6. The number of aromatic hydroxyl groups is 1. The maximum atomic E-state index is 11.4. The first-order valence-electron chi connectivity index (χ1n) is 8.81. The summed E-state index contributed by atoms with van der Waals surface area (Å²) in [5.41, 5.74) is 0.582. The Bertz CT molecular complexity index is 880. The van der Waals surface area contributed by atoms with E-state index >= 15 is 0 Å². The lowest BCUT2D eigenvalue weighted by atomic mass is 9.90. The largest absolute Gasteiger partial charge is 0.508 e. The molecule has 0 aliphatic carbocycles.